The van der Waals surface area contributed by atoms with Gasteiger partial charge >= 0.3 is 0 Å². The van der Waals surface area contributed by atoms with Crippen LogP contribution in [0.4, 0.5) is 11.4 Å². The van der Waals surface area contributed by atoms with Gasteiger partial charge in [0.2, 0.25) is 0 Å². The Labute approximate surface area is 220 Å². The lowest BCUT2D eigenvalue weighted by molar-refractivity contribution is 0.760. The fourth-order valence-electron chi connectivity index (χ4n) is 5.64. The topological polar surface area (TPSA) is 12.0 Å². The summed E-state index contributed by atoms with van der Waals surface area (Å²) in [4.78, 5) is 0. The molecular weight excluding hydrogens is 446 g/mol. The maximum atomic E-state index is 4.23. The van der Waals surface area contributed by atoms with Gasteiger partial charge < -0.3 is 5.32 Å². The van der Waals surface area contributed by atoms with Crippen molar-refractivity contribution in [2.75, 3.05) is 5.32 Å². The van der Waals surface area contributed by atoms with Crippen molar-refractivity contribution in [1.82, 2.24) is 0 Å². The van der Waals surface area contributed by atoms with E-state index in [1.165, 1.54) is 33.0 Å². The number of anilines is 2. The second-order valence-corrected chi connectivity index (χ2v) is 9.16. The summed E-state index contributed by atoms with van der Waals surface area (Å²) in [6.07, 6.45) is 12.2. The number of rotatable bonds is 8. The Morgan fingerprint density at radius 1 is 0.784 bits per heavy atom. The predicted octanol–water partition coefficient (Wildman–Crippen LogP) is 9.70. The fourth-order valence-corrected chi connectivity index (χ4v) is 5.64. The highest BCUT2D eigenvalue weighted by atomic mass is 14.9. The second-order valence-electron chi connectivity index (χ2n) is 9.16. The van der Waals surface area contributed by atoms with Gasteiger partial charge in [0.25, 0.3) is 0 Å². The quantitative estimate of drug-likeness (QED) is 0.249. The predicted molar refractivity (Wildman–Crippen MR) is 161 cm³/mol. The SMILES string of the molecule is C=C/C=C(\C=C)C1(c2ccccc2)C(/C=C\C)=C(C=C)c2ccc(Nc3ccc4ccccc4c3)cc21. The van der Waals surface area contributed by atoms with Crippen LogP contribution in [0.3, 0.4) is 0 Å². The first-order valence-corrected chi connectivity index (χ1v) is 12.6. The van der Waals surface area contributed by atoms with E-state index in [4.69, 9.17) is 0 Å². The molecule has 4 aromatic rings. The van der Waals surface area contributed by atoms with E-state index in [2.05, 4.69) is 141 Å². The second kappa shape index (κ2) is 10.2. The Kier molecular flexibility index (Phi) is 6.62. The molecule has 0 saturated carbocycles. The lowest BCUT2D eigenvalue weighted by Gasteiger charge is -2.36. The van der Waals surface area contributed by atoms with Crippen LogP contribution >= 0.6 is 0 Å². The average Bonchev–Trinajstić information content (AvgIpc) is 3.21. The van der Waals surface area contributed by atoms with E-state index in [9.17, 15) is 0 Å². The summed E-state index contributed by atoms with van der Waals surface area (Å²) in [5, 5.41) is 6.09. The van der Waals surface area contributed by atoms with Crippen molar-refractivity contribution in [3.8, 4) is 0 Å². The molecule has 1 N–H and O–H groups in total. The largest absolute Gasteiger partial charge is 0.355 e. The van der Waals surface area contributed by atoms with E-state index in [0.717, 1.165) is 22.5 Å². The van der Waals surface area contributed by atoms with E-state index in [1.807, 2.05) is 18.2 Å². The summed E-state index contributed by atoms with van der Waals surface area (Å²) >= 11 is 0. The number of hydrogen-bond donors (Lipinski definition) is 1. The number of nitrogens with one attached hydrogen (secondary N) is 1. The van der Waals surface area contributed by atoms with E-state index < -0.39 is 5.41 Å². The number of allylic oxidation sites excluding steroid dienone is 9. The van der Waals surface area contributed by atoms with Gasteiger partial charge in [0, 0.05) is 11.4 Å². The van der Waals surface area contributed by atoms with Crippen LogP contribution in [-0.2, 0) is 5.41 Å². The molecule has 0 bridgehead atoms. The van der Waals surface area contributed by atoms with E-state index in [-0.39, 0.29) is 0 Å². The van der Waals surface area contributed by atoms with Gasteiger partial charge in [-0.2, -0.15) is 0 Å². The zero-order valence-corrected chi connectivity index (χ0v) is 21.2. The van der Waals surface area contributed by atoms with Gasteiger partial charge in [-0.05, 0) is 75.4 Å². The van der Waals surface area contributed by atoms with E-state index >= 15 is 0 Å². The third kappa shape index (κ3) is 3.99. The highest BCUT2D eigenvalue weighted by Gasteiger charge is 2.46. The first-order valence-electron chi connectivity index (χ1n) is 12.6. The summed E-state index contributed by atoms with van der Waals surface area (Å²) in [6, 6.07) is 32.2. The first-order chi connectivity index (χ1) is 18.2. The maximum Gasteiger partial charge on any atom is 0.0713 e. The van der Waals surface area contributed by atoms with Crippen LogP contribution in [-0.4, -0.2) is 0 Å². The summed E-state index contributed by atoms with van der Waals surface area (Å²) < 4.78 is 0. The Morgan fingerprint density at radius 3 is 2.19 bits per heavy atom. The van der Waals surface area contributed by atoms with Gasteiger partial charge in [-0.1, -0.05) is 123 Å². The van der Waals surface area contributed by atoms with E-state index in [0.29, 0.717) is 0 Å². The van der Waals surface area contributed by atoms with Crippen LogP contribution in [0.1, 0.15) is 23.6 Å². The van der Waals surface area contributed by atoms with Crippen molar-refractivity contribution >= 4 is 27.7 Å². The minimum Gasteiger partial charge on any atom is -0.355 e. The molecule has 1 nitrogen and oxygen atoms in total. The van der Waals surface area contributed by atoms with Gasteiger partial charge in [-0.15, -0.1) is 0 Å². The minimum atomic E-state index is -0.552. The van der Waals surface area contributed by atoms with Gasteiger partial charge in [0.15, 0.2) is 0 Å². The Balaban J connectivity index is 1.76. The van der Waals surface area contributed by atoms with Crippen molar-refractivity contribution in [3.63, 3.8) is 0 Å². The molecule has 5 rings (SSSR count). The molecule has 4 aromatic carbocycles. The van der Waals surface area contributed by atoms with Crippen LogP contribution in [0.5, 0.6) is 0 Å². The number of benzene rings is 4. The molecule has 0 fully saturated rings. The molecule has 0 saturated heterocycles. The Morgan fingerprint density at radius 2 is 1.49 bits per heavy atom. The molecule has 1 atom stereocenters. The fraction of sp³-hybridized carbons (Fsp3) is 0.0556. The Hall–Kier alpha value is -4.62. The average molecular weight is 478 g/mol. The Bertz CT molecular complexity index is 1600. The van der Waals surface area contributed by atoms with Gasteiger partial charge in [0.1, 0.15) is 0 Å². The first kappa shape index (κ1) is 24.1. The molecule has 1 aliphatic carbocycles. The van der Waals surface area contributed by atoms with Crippen LogP contribution in [0.15, 0.2) is 158 Å². The molecule has 1 heteroatoms. The molecule has 37 heavy (non-hydrogen) atoms. The van der Waals surface area contributed by atoms with Crippen LogP contribution in [0, 0.1) is 0 Å². The number of hydrogen-bond acceptors (Lipinski definition) is 1. The third-order valence-corrected chi connectivity index (χ3v) is 7.14. The molecule has 1 unspecified atom stereocenters. The van der Waals surface area contributed by atoms with Gasteiger partial charge in [-0.3, -0.25) is 0 Å². The molecule has 0 aromatic heterocycles. The molecule has 0 heterocycles. The maximum absolute atomic E-state index is 4.23. The molecular formula is C36H31N. The highest BCUT2D eigenvalue weighted by Crippen LogP contribution is 2.56. The molecule has 0 spiro atoms. The van der Waals surface area contributed by atoms with Crippen LogP contribution < -0.4 is 5.32 Å². The summed E-state index contributed by atoms with van der Waals surface area (Å²) in [5.41, 5.74) is 8.46. The third-order valence-electron chi connectivity index (χ3n) is 7.14. The van der Waals surface area contributed by atoms with Crippen LogP contribution in [0.2, 0.25) is 0 Å². The molecule has 0 amide bonds. The van der Waals surface area contributed by atoms with Crippen molar-refractivity contribution < 1.29 is 0 Å². The lowest BCUT2D eigenvalue weighted by atomic mass is 9.66. The van der Waals surface area contributed by atoms with E-state index in [1.54, 1.807) is 0 Å². The lowest BCUT2D eigenvalue weighted by Crippen LogP contribution is -2.30. The molecule has 0 aliphatic heterocycles. The normalized spacial score (nSPS) is 17.2. The number of fused-ring (bicyclic) bond motifs is 2. The summed E-state index contributed by atoms with van der Waals surface area (Å²) in [6.45, 7) is 14.5. The smallest absolute Gasteiger partial charge is 0.0713 e. The van der Waals surface area contributed by atoms with Crippen molar-refractivity contribution in [2.24, 2.45) is 0 Å². The van der Waals surface area contributed by atoms with Gasteiger partial charge in [-0.25, -0.2) is 0 Å². The van der Waals surface area contributed by atoms with Crippen molar-refractivity contribution in [1.29, 1.82) is 0 Å². The monoisotopic (exact) mass is 477 g/mol. The van der Waals surface area contributed by atoms with Crippen molar-refractivity contribution in [3.05, 3.63) is 175 Å². The highest BCUT2D eigenvalue weighted by molar-refractivity contribution is 5.93. The summed E-state index contributed by atoms with van der Waals surface area (Å²) in [5.74, 6) is 0. The van der Waals surface area contributed by atoms with Gasteiger partial charge in [0.05, 0.1) is 5.41 Å². The zero-order chi connectivity index (χ0) is 25.8. The standard InChI is InChI=1S/C36H31N/c1-5-14-28(7-3)36(29-18-10-9-11-19-29)34(15-6-2)32(8-4)33-23-22-31(25-35(33)36)37-30-21-20-26-16-12-13-17-27(26)24-30/h5-25,37H,1,3-4H2,2H3/b15-6-,28-14+. The molecule has 180 valence electrons. The summed E-state index contributed by atoms with van der Waals surface area (Å²) in [7, 11) is 0. The van der Waals surface area contributed by atoms with Crippen LogP contribution in [0.25, 0.3) is 16.3 Å². The zero-order valence-electron chi connectivity index (χ0n) is 21.2. The molecule has 0 radical (unpaired) electrons. The molecule has 1 aliphatic rings. The van der Waals surface area contributed by atoms with Crippen molar-refractivity contribution in [2.45, 2.75) is 12.3 Å². The minimum absolute atomic E-state index is 0.552.